The van der Waals surface area contributed by atoms with E-state index >= 15 is 0 Å². The molecular formula is C77H96N18O23. The minimum absolute atomic E-state index is 0.0257. The van der Waals surface area contributed by atoms with Crippen LogP contribution in [0, 0.1) is 0 Å². The number of carbonyl (C=O) groups is 20. The molecule has 0 unspecified atom stereocenters. The number of carbonyl (C=O) groups excluding carboxylic acids is 20. The molecule has 0 atom stereocenters. The van der Waals surface area contributed by atoms with E-state index in [9.17, 15) is 95.9 Å². The van der Waals surface area contributed by atoms with Crippen LogP contribution in [0.4, 0.5) is 0 Å². The smallest absolute Gasteiger partial charge is 0.379 e. The number of H-pyrrole nitrogens is 5. The van der Waals surface area contributed by atoms with Crippen molar-refractivity contribution in [1.29, 1.82) is 0 Å². The molecule has 7 N–H and O–H groups in total. The zero-order valence-corrected chi connectivity index (χ0v) is 66.9. The second kappa shape index (κ2) is 43.9. The Balaban J connectivity index is 0.000000200. The maximum atomic E-state index is 12.6. The largest absolute Gasteiger partial charge is 0.494 e. The minimum atomic E-state index is -0.913. The number of piperazine rings is 5. The van der Waals surface area contributed by atoms with Gasteiger partial charge in [0, 0.05) is 238 Å². The summed E-state index contributed by atoms with van der Waals surface area (Å²) in [7, 11) is 2.79. The van der Waals surface area contributed by atoms with Crippen LogP contribution >= 0.6 is 0 Å². The summed E-state index contributed by atoms with van der Waals surface area (Å²) in [6.07, 6.45) is 11.2. The van der Waals surface area contributed by atoms with Crippen LogP contribution in [0.1, 0.15) is 143 Å². The molecule has 6 aromatic rings. The first-order valence-corrected chi connectivity index (χ1v) is 37.5. The fourth-order valence-electron chi connectivity index (χ4n) is 12.7. The number of methoxy groups -OCH3 is 2. The molecule has 5 saturated heterocycles. The number of hydrogen-bond donors (Lipinski definition) is 7. The summed E-state index contributed by atoms with van der Waals surface area (Å²) in [6, 6.07) is 4.22. The van der Waals surface area contributed by atoms with Crippen molar-refractivity contribution in [1.82, 2.24) is 89.5 Å². The molecule has 12 rings (SSSR count). The number of amides is 10. The summed E-state index contributed by atoms with van der Waals surface area (Å²) < 4.78 is 14.3. The average Bonchev–Trinajstić information content (AvgIpc) is 1.61. The van der Waals surface area contributed by atoms with Crippen molar-refractivity contribution < 1.29 is 110 Å². The molecule has 0 aromatic carbocycles. The fourth-order valence-corrected chi connectivity index (χ4v) is 12.7. The van der Waals surface area contributed by atoms with E-state index in [4.69, 9.17) is 4.74 Å². The van der Waals surface area contributed by atoms with Crippen LogP contribution in [-0.4, -0.2) is 362 Å². The number of hydrogen-bond acceptors (Lipinski definition) is 26. The summed E-state index contributed by atoms with van der Waals surface area (Å²) in [5, 5.41) is 6.59. The lowest BCUT2D eigenvalue weighted by molar-refractivity contribution is -0.140. The topological polar surface area (TPSA) is 517 Å². The number of Topliss-reactive ketones (excluding diaryl/α,β-unsaturated/α-hetero) is 6. The SMILES string of the molecule is CC(=O)N1CCN(C(=O)C(=O)c2c[nH]c(C=O)c2)CC1.CC(=O)N1CCN(C(=O)C(=O)c2c[nH]c3c2C(=O)CN(C(C)=O)C3)CC1.CC(=O)N1CCNCC1.CCOC(=O)C(=O)c1c[nH]c(C=O)c1.COC(=O)CNCc1cc(C(=O)C(=O)N2CCN(C(C)=O)CC2)c[nH]1.COc1cncc2[nH]cc(C(=O)C(=O)N3CCN(C(C)=O)CC3)c12. The highest BCUT2D eigenvalue weighted by atomic mass is 16.5. The Bertz CT molecular complexity index is 4740. The van der Waals surface area contributed by atoms with Gasteiger partial charge >= 0.3 is 11.9 Å². The van der Waals surface area contributed by atoms with Crippen LogP contribution in [0.15, 0.2) is 61.6 Å². The van der Waals surface area contributed by atoms with E-state index in [1.807, 2.05) is 4.90 Å². The zero-order chi connectivity index (χ0) is 86.6. The molecule has 0 saturated carbocycles. The molecule has 0 spiro atoms. The number of ketones is 6. The lowest BCUT2D eigenvalue weighted by Crippen LogP contribution is -2.51. The van der Waals surface area contributed by atoms with Gasteiger partial charge in [0.25, 0.3) is 52.5 Å². The first-order valence-electron chi connectivity index (χ1n) is 37.5. The predicted octanol–water partition coefficient (Wildman–Crippen LogP) is -1.26. The molecule has 6 aliphatic rings. The highest BCUT2D eigenvalue weighted by Gasteiger charge is 2.37. The number of aromatic amines is 5. The lowest BCUT2D eigenvalue weighted by atomic mass is 9.98. The van der Waals surface area contributed by atoms with Gasteiger partial charge in [-0.3, -0.25) is 96.1 Å². The second-order valence-corrected chi connectivity index (χ2v) is 27.2. The molecule has 632 valence electrons. The molecule has 12 heterocycles. The molecule has 6 aliphatic heterocycles. The Labute approximate surface area is 676 Å². The predicted molar refractivity (Wildman–Crippen MR) is 414 cm³/mol. The maximum absolute atomic E-state index is 12.6. The molecule has 41 nitrogen and oxygen atoms in total. The monoisotopic (exact) mass is 1640 g/mol. The summed E-state index contributed by atoms with van der Waals surface area (Å²) in [5.74, 6) is -7.20. The zero-order valence-electron chi connectivity index (χ0n) is 66.9. The number of aromatic nitrogens is 6. The number of ether oxygens (including phenoxy) is 3. The molecule has 10 amide bonds. The maximum Gasteiger partial charge on any atom is 0.379 e. The van der Waals surface area contributed by atoms with Crippen molar-refractivity contribution >= 4 is 129 Å². The highest BCUT2D eigenvalue weighted by molar-refractivity contribution is 6.46. The van der Waals surface area contributed by atoms with Crippen molar-refractivity contribution in [2.75, 3.05) is 165 Å². The normalized spacial score (nSPS) is 15.0. The second-order valence-electron chi connectivity index (χ2n) is 27.2. The molecular weight excluding hydrogens is 1540 g/mol. The van der Waals surface area contributed by atoms with Gasteiger partial charge in [0.2, 0.25) is 35.4 Å². The van der Waals surface area contributed by atoms with E-state index in [1.165, 1.54) is 123 Å². The van der Waals surface area contributed by atoms with Crippen LogP contribution < -0.4 is 15.4 Å². The Kier molecular flexibility index (Phi) is 34.1. The van der Waals surface area contributed by atoms with Crippen molar-refractivity contribution in [2.24, 2.45) is 0 Å². The van der Waals surface area contributed by atoms with Crippen LogP contribution in [0.5, 0.6) is 5.75 Å². The summed E-state index contributed by atoms with van der Waals surface area (Å²) in [4.78, 5) is 266. The lowest BCUT2D eigenvalue weighted by Gasteiger charge is -2.33. The Morgan fingerprint density at radius 2 is 0.831 bits per heavy atom. The highest BCUT2D eigenvalue weighted by Crippen LogP contribution is 2.29. The third-order valence-electron chi connectivity index (χ3n) is 19.5. The van der Waals surface area contributed by atoms with Gasteiger partial charge in [-0.15, -0.1) is 0 Å². The standard InChI is InChI=1S/C17H20N4O5.C16H22N4O5.C16H18N4O4.C13H15N3O4.C9H9NO4.C6H12N2O/c1-10(22)19-3-5-20(6-4-19)17(26)16(25)12-7-18-13-8-21(11(2)23)9-14(24)15(12)13;1-11(21)19-3-5-20(6-4-19)16(24)15(23)12-7-13(18-8-12)9-17-10-14(22)25-2;1-10(21)19-3-5-20(6-4-19)16(23)15(22)11-7-18-12-8-17-9-13(24-2)14(11)12;1-9(18)15-2-4-16(5-3-15)13(20)12(19)10-6-11(8-17)14-7-10;1-2-14-9(13)8(12)6-3-7(5-11)10-4-6;1-6(9)8-4-2-7-3-5-8/h7,18H,3-6,8-9H2,1-2H3;7-8,17-18H,3-6,9-10H2,1-2H3;7-9,18H,3-6H2,1-2H3;6-8,14H,2-5H2,1H3;3-5,10H,2H2,1H3;7H,2-5H2,1H3. The number of pyridine rings is 1. The quantitative estimate of drug-likeness (QED) is 0.0228. The first kappa shape index (κ1) is 91.7. The van der Waals surface area contributed by atoms with Crippen LogP contribution in [0.25, 0.3) is 10.9 Å². The Hall–Kier alpha value is -13.5. The van der Waals surface area contributed by atoms with Gasteiger partial charge in [-0.25, -0.2) is 4.79 Å². The minimum Gasteiger partial charge on any atom is -0.494 e. The number of nitrogens with zero attached hydrogens (tertiary/aromatic N) is 11. The summed E-state index contributed by atoms with van der Waals surface area (Å²) >= 11 is 0. The molecule has 6 aromatic heterocycles. The third-order valence-corrected chi connectivity index (χ3v) is 19.5. The van der Waals surface area contributed by atoms with E-state index < -0.39 is 58.5 Å². The molecule has 41 heteroatoms. The van der Waals surface area contributed by atoms with Crippen LogP contribution in [0.2, 0.25) is 0 Å². The number of rotatable bonds is 18. The van der Waals surface area contributed by atoms with Gasteiger partial charge in [-0.1, -0.05) is 0 Å². The first-order chi connectivity index (χ1) is 56.2. The van der Waals surface area contributed by atoms with Crippen LogP contribution in [-0.2, 0) is 80.1 Å². The molecule has 0 bridgehead atoms. The van der Waals surface area contributed by atoms with E-state index in [0.717, 1.165) is 26.2 Å². The van der Waals surface area contributed by atoms with E-state index in [-0.39, 0.29) is 131 Å². The van der Waals surface area contributed by atoms with Crippen molar-refractivity contribution in [3.63, 3.8) is 0 Å². The summed E-state index contributed by atoms with van der Waals surface area (Å²) in [6.45, 7) is 20.8. The Morgan fingerprint density at radius 1 is 0.441 bits per heavy atom. The summed E-state index contributed by atoms with van der Waals surface area (Å²) in [5.41, 5.74) is 3.37. The molecule has 118 heavy (non-hydrogen) atoms. The number of fused-ring (bicyclic) bond motifs is 2. The van der Waals surface area contributed by atoms with Crippen LogP contribution in [0.3, 0.4) is 0 Å². The van der Waals surface area contributed by atoms with Crippen molar-refractivity contribution in [3.05, 3.63) is 118 Å². The van der Waals surface area contributed by atoms with Gasteiger partial charge in [0.1, 0.15) is 5.75 Å². The van der Waals surface area contributed by atoms with Gasteiger partial charge in [0.05, 0.1) is 91.8 Å². The number of esters is 2. The molecule has 0 aliphatic carbocycles. The number of aldehydes is 2. The average molecular weight is 1640 g/mol. The molecule has 5 fully saturated rings. The van der Waals surface area contributed by atoms with Crippen molar-refractivity contribution in [2.45, 2.75) is 61.6 Å². The van der Waals surface area contributed by atoms with Gasteiger partial charge < -0.3 is 98.8 Å². The van der Waals surface area contributed by atoms with Gasteiger partial charge in [0.15, 0.2) is 18.4 Å². The molecule has 0 radical (unpaired) electrons. The van der Waals surface area contributed by atoms with E-state index in [0.29, 0.717) is 139 Å². The van der Waals surface area contributed by atoms with Gasteiger partial charge in [-0.2, -0.15) is 0 Å². The fraction of sp³-hybridized carbons (Fsp3) is 0.442. The van der Waals surface area contributed by atoms with Crippen molar-refractivity contribution in [3.8, 4) is 5.75 Å². The van der Waals surface area contributed by atoms with E-state index in [2.05, 4.69) is 50.0 Å². The number of nitrogens with one attached hydrogen (secondary N) is 7. The Morgan fingerprint density at radius 3 is 1.23 bits per heavy atom. The van der Waals surface area contributed by atoms with E-state index in [1.54, 1.807) is 45.7 Å². The van der Waals surface area contributed by atoms with Gasteiger partial charge in [-0.05, 0) is 25.1 Å². The third kappa shape index (κ3) is 24.8.